The predicted octanol–water partition coefficient (Wildman–Crippen LogP) is 4.83. The van der Waals surface area contributed by atoms with E-state index in [2.05, 4.69) is 6.92 Å². The Morgan fingerprint density at radius 1 is 1.12 bits per heavy atom. The highest BCUT2D eigenvalue weighted by molar-refractivity contribution is 6.30. The van der Waals surface area contributed by atoms with E-state index in [1.807, 2.05) is 0 Å². The van der Waals surface area contributed by atoms with Gasteiger partial charge in [-0.3, -0.25) is 0 Å². The van der Waals surface area contributed by atoms with Gasteiger partial charge in [0.1, 0.15) is 10.6 Å². The molecule has 0 bridgehead atoms. The second kappa shape index (κ2) is 8.02. The summed E-state index contributed by atoms with van der Waals surface area (Å²) < 4.78 is 24.4. The van der Waals surface area contributed by atoms with Crippen molar-refractivity contribution in [1.29, 1.82) is 0 Å². The minimum Gasteiger partial charge on any atom is -0.384 e. The van der Waals surface area contributed by atoms with Crippen LogP contribution in [0.2, 0.25) is 0 Å². The van der Waals surface area contributed by atoms with E-state index in [-0.39, 0.29) is 6.42 Å². The molecule has 4 heteroatoms. The molecule has 16 heavy (non-hydrogen) atoms. The number of aliphatic hydroxyl groups is 1. The molecular formula is C12H21ClF2O. The smallest absolute Gasteiger partial charge is 0.287 e. The summed E-state index contributed by atoms with van der Waals surface area (Å²) in [5.74, 6) is 0. The average Bonchev–Trinajstić information content (AvgIpc) is 2.22. The van der Waals surface area contributed by atoms with E-state index in [1.54, 1.807) is 0 Å². The van der Waals surface area contributed by atoms with Gasteiger partial charge in [-0.05, 0) is 13.3 Å². The van der Waals surface area contributed by atoms with Crippen LogP contribution in [0.25, 0.3) is 0 Å². The molecule has 0 aromatic carbocycles. The number of halogens is 3. The molecule has 0 saturated heterocycles. The van der Waals surface area contributed by atoms with Crippen LogP contribution < -0.4 is 0 Å². The zero-order chi connectivity index (χ0) is 12.6. The van der Waals surface area contributed by atoms with Crippen LogP contribution in [0.1, 0.15) is 58.8 Å². The van der Waals surface area contributed by atoms with Crippen LogP contribution in [0.15, 0.2) is 11.1 Å². The normalized spacial score (nSPS) is 14.6. The standard InChI is InChI=1S/C12H21ClF2O/c1-3-4-5-6-7-8-9-12(2,16)10(13)11(14)15/h16H,3-9H2,1-2H3. The van der Waals surface area contributed by atoms with Gasteiger partial charge in [-0.2, -0.15) is 8.78 Å². The molecule has 0 heterocycles. The van der Waals surface area contributed by atoms with E-state index >= 15 is 0 Å². The lowest BCUT2D eigenvalue weighted by atomic mass is 9.97. The van der Waals surface area contributed by atoms with E-state index in [9.17, 15) is 13.9 Å². The quantitative estimate of drug-likeness (QED) is 0.615. The first-order valence-electron chi connectivity index (χ1n) is 5.85. The van der Waals surface area contributed by atoms with Crippen molar-refractivity contribution >= 4 is 11.6 Å². The Kier molecular flexibility index (Phi) is 7.94. The van der Waals surface area contributed by atoms with Crippen LogP contribution in [0.4, 0.5) is 8.78 Å². The molecule has 0 spiro atoms. The molecule has 0 aliphatic carbocycles. The predicted molar refractivity (Wildman–Crippen MR) is 63.7 cm³/mol. The number of rotatable bonds is 8. The molecule has 0 amide bonds. The van der Waals surface area contributed by atoms with Gasteiger partial charge in [0.2, 0.25) is 0 Å². The number of unbranched alkanes of at least 4 members (excludes halogenated alkanes) is 5. The monoisotopic (exact) mass is 254 g/mol. The van der Waals surface area contributed by atoms with Crippen LogP contribution in [0, 0.1) is 0 Å². The summed E-state index contributed by atoms with van der Waals surface area (Å²) in [6.45, 7) is 3.47. The molecule has 0 radical (unpaired) electrons. The molecular weight excluding hydrogens is 234 g/mol. The van der Waals surface area contributed by atoms with E-state index < -0.39 is 16.7 Å². The summed E-state index contributed by atoms with van der Waals surface area (Å²) >= 11 is 5.35. The largest absolute Gasteiger partial charge is 0.384 e. The molecule has 1 atom stereocenters. The minimum absolute atomic E-state index is 0.287. The summed E-state index contributed by atoms with van der Waals surface area (Å²) in [4.78, 5) is 0. The van der Waals surface area contributed by atoms with Gasteiger partial charge in [0.05, 0.1) is 0 Å². The molecule has 0 saturated carbocycles. The maximum Gasteiger partial charge on any atom is 0.287 e. The molecule has 96 valence electrons. The van der Waals surface area contributed by atoms with Crippen molar-refractivity contribution in [2.24, 2.45) is 0 Å². The molecule has 0 aromatic heterocycles. The first-order chi connectivity index (χ1) is 7.41. The first kappa shape index (κ1) is 15.9. The van der Waals surface area contributed by atoms with Crippen molar-refractivity contribution in [1.82, 2.24) is 0 Å². The van der Waals surface area contributed by atoms with Gasteiger partial charge >= 0.3 is 0 Å². The molecule has 0 rings (SSSR count). The van der Waals surface area contributed by atoms with Crippen molar-refractivity contribution in [2.45, 2.75) is 64.4 Å². The Morgan fingerprint density at radius 3 is 2.12 bits per heavy atom. The lowest BCUT2D eigenvalue weighted by Gasteiger charge is -2.21. The highest BCUT2D eigenvalue weighted by Crippen LogP contribution is 2.30. The maximum absolute atomic E-state index is 12.2. The Hall–Kier alpha value is -0.150. The molecule has 1 nitrogen and oxygen atoms in total. The zero-order valence-electron chi connectivity index (χ0n) is 10.0. The third kappa shape index (κ3) is 6.44. The van der Waals surface area contributed by atoms with Gasteiger partial charge in [0, 0.05) is 0 Å². The van der Waals surface area contributed by atoms with E-state index in [0.717, 1.165) is 19.3 Å². The fraction of sp³-hybridized carbons (Fsp3) is 0.833. The van der Waals surface area contributed by atoms with Gasteiger partial charge < -0.3 is 5.11 Å². The Bertz CT molecular complexity index is 223. The van der Waals surface area contributed by atoms with Crippen molar-refractivity contribution in [3.05, 3.63) is 11.1 Å². The Balaban J connectivity index is 3.79. The number of hydrogen-bond acceptors (Lipinski definition) is 1. The fourth-order valence-corrected chi connectivity index (χ4v) is 1.66. The maximum atomic E-state index is 12.2. The third-order valence-corrected chi connectivity index (χ3v) is 3.21. The van der Waals surface area contributed by atoms with Crippen LogP contribution >= 0.6 is 11.6 Å². The SMILES string of the molecule is CCCCCCCCC(C)(O)C(Cl)=C(F)F. The molecule has 1 unspecified atom stereocenters. The zero-order valence-corrected chi connectivity index (χ0v) is 10.8. The molecule has 0 aliphatic heterocycles. The van der Waals surface area contributed by atoms with E-state index in [1.165, 1.54) is 26.2 Å². The summed E-state index contributed by atoms with van der Waals surface area (Å²) in [6, 6.07) is 0. The van der Waals surface area contributed by atoms with Gasteiger partial charge in [0.15, 0.2) is 0 Å². The van der Waals surface area contributed by atoms with Crippen molar-refractivity contribution in [2.75, 3.05) is 0 Å². The molecule has 0 aliphatic rings. The fourth-order valence-electron chi connectivity index (χ4n) is 1.56. The van der Waals surface area contributed by atoms with E-state index in [4.69, 9.17) is 11.6 Å². The second-order valence-corrected chi connectivity index (χ2v) is 4.74. The lowest BCUT2D eigenvalue weighted by molar-refractivity contribution is 0.0881. The summed E-state index contributed by atoms with van der Waals surface area (Å²) in [6.07, 6.45) is 4.61. The van der Waals surface area contributed by atoms with E-state index in [0.29, 0.717) is 0 Å². The summed E-state index contributed by atoms with van der Waals surface area (Å²) in [5.41, 5.74) is -1.58. The van der Waals surface area contributed by atoms with Crippen LogP contribution in [0.3, 0.4) is 0 Å². The lowest BCUT2D eigenvalue weighted by Crippen LogP contribution is -2.24. The third-order valence-electron chi connectivity index (χ3n) is 2.66. The van der Waals surface area contributed by atoms with Crippen molar-refractivity contribution < 1.29 is 13.9 Å². The van der Waals surface area contributed by atoms with Gasteiger partial charge in [-0.15, -0.1) is 0 Å². The van der Waals surface area contributed by atoms with Gasteiger partial charge in [-0.25, -0.2) is 0 Å². The topological polar surface area (TPSA) is 20.2 Å². The van der Waals surface area contributed by atoms with Crippen LogP contribution in [-0.2, 0) is 0 Å². The van der Waals surface area contributed by atoms with Crippen LogP contribution in [-0.4, -0.2) is 10.7 Å². The highest BCUT2D eigenvalue weighted by atomic mass is 35.5. The minimum atomic E-state index is -1.99. The molecule has 0 fully saturated rings. The Labute approximate surface area is 101 Å². The van der Waals surface area contributed by atoms with Gasteiger partial charge in [0.25, 0.3) is 6.08 Å². The average molecular weight is 255 g/mol. The first-order valence-corrected chi connectivity index (χ1v) is 6.23. The summed E-state index contributed by atoms with van der Waals surface area (Å²) in [5, 5.41) is 8.97. The van der Waals surface area contributed by atoms with Crippen LogP contribution in [0.5, 0.6) is 0 Å². The molecule has 1 N–H and O–H groups in total. The number of hydrogen-bond donors (Lipinski definition) is 1. The van der Waals surface area contributed by atoms with Crippen molar-refractivity contribution in [3.8, 4) is 0 Å². The highest BCUT2D eigenvalue weighted by Gasteiger charge is 2.27. The molecule has 0 aromatic rings. The Morgan fingerprint density at radius 2 is 1.62 bits per heavy atom. The second-order valence-electron chi connectivity index (χ2n) is 4.37. The van der Waals surface area contributed by atoms with Gasteiger partial charge in [-0.1, -0.05) is 57.0 Å². The van der Waals surface area contributed by atoms with Crippen molar-refractivity contribution in [3.63, 3.8) is 0 Å². The summed E-state index contributed by atoms with van der Waals surface area (Å²) in [7, 11) is 0.